The number of thioether (sulfide) groups is 1. The van der Waals surface area contributed by atoms with Crippen molar-refractivity contribution in [2.75, 3.05) is 25.3 Å². The van der Waals surface area contributed by atoms with E-state index in [4.69, 9.17) is 4.74 Å². The Morgan fingerprint density at radius 2 is 2.07 bits per heavy atom. The summed E-state index contributed by atoms with van der Waals surface area (Å²) < 4.78 is 4.70. The fraction of sp³-hybridized carbons (Fsp3) is 0.300. The van der Waals surface area contributed by atoms with Gasteiger partial charge in [0.25, 0.3) is 0 Å². The van der Waals surface area contributed by atoms with Crippen molar-refractivity contribution in [1.82, 2.24) is 0 Å². The largest absolute Gasteiger partial charge is 0.375 e. The van der Waals surface area contributed by atoms with Crippen molar-refractivity contribution in [3.63, 3.8) is 0 Å². The highest BCUT2D eigenvalue weighted by atomic mass is 32.2. The molecule has 1 aromatic carbocycles. The first kappa shape index (κ1) is 11.1. The zero-order valence-corrected chi connectivity index (χ0v) is 9.06. The van der Waals surface area contributed by atoms with Crippen molar-refractivity contribution < 1.29 is 9.53 Å². The van der Waals surface area contributed by atoms with Crippen LogP contribution in [0.15, 0.2) is 29.2 Å². The van der Waals surface area contributed by atoms with E-state index in [1.54, 1.807) is 11.8 Å². The average molecular weight is 211 g/mol. The van der Waals surface area contributed by atoms with E-state index in [-0.39, 0.29) is 12.5 Å². The molecule has 0 saturated carbocycles. The zero-order chi connectivity index (χ0) is 10.4. The third-order valence-electron chi connectivity index (χ3n) is 1.65. The standard InChI is InChI=1S/C10H13NO2S/c1-13-7-10(12)11-8-3-5-9(14-2)6-4-8/h3-6H,7H2,1-2H3,(H,11,12). The number of benzene rings is 1. The molecular weight excluding hydrogens is 198 g/mol. The Kier molecular flexibility index (Phi) is 4.49. The first-order valence-corrected chi connectivity index (χ1v) is 5.41. The smallest absolute Gasteiger partial charge is 0.250 e. The molecule has 76 valence electrons. The maximum atomic E-state index is 11.1. The van der Waals surface area contributed by atoms with Crippen LogP contribution in [-0.4, -0.2) is 25.9 Å². The summed E-state index contributed by atoms with van der Waals surface area (Å²) in [6.07, 6.45) is 2.01. The van der Waals surface area contributed by atoms with Crippen molar-refractivity contribution >= 4 is 23.4 Å². The molecule has 0 aliphatic heterocycles. The lowest BCUT2D eigenvalue weighted by molar-refractivity contribution is -0.119. The van der Waals surface area contributed by atoms with Crippen LogP contribution >= 0.6 is 11.8 Å². The number of amides is 1. The predicted octanol–water partition coefficient (Wildman–Crippen LogP) is 1.99. The minimum Gasteiger partial charge on any atom is -0.375 e. The number of rotatable bonds is 4. The molecular formula is C10H13NO2S. The van der Waals surface area contributed by atoms with Crippen LogP contribution < -0.4 is 5.32 Å². The highest BCUT2D eigenvalue weighted by Crippen LogP contribution is 2.17. The van der Waals surface area contributed by atoms with Crippen LogP contribution in [0, 0.1) is 0 Å². The molecule has 0 unspecified atom stereocenters. The summed E-state index contributed by atoms with van der Waals surface area (Å²) in [6, 6.07) is 7.68. The molecule has 1 rings (SSSR count). The van der Waals surface area contributed by atoms with Gasteiger partial charge in [-0.2, -0.15) is 0 Å². The molecule has 4 heteroatoms. The van der Waals surface area contributed by atoms with Gasteiger partial charge in [-0.05, 0) is 30.5 Å². The summed E-state index contributed by atoms with van der Waals surface area (Å²) in [4.78, 5) is 12.3. The summed E-state index contributed by atoms with van der Waals surface area (Å²) in [5.41, 5.74) is 0.796. The van der Waals surface area contributed by atoms with Gasteiger partial charge in [0.1, 0.15) is 6.61 Å². The lowest BCUT2D eigenvalue weighted by Gasteiger charge is -2.04. The van der Waals surface area contributed by atoms with Crippen LogP contribution in [0.1, 0.15) is 0 Å². The Morgan fingerprint density at radius 3 is 2.57 bits per heavy atom. The van der Waals surface area contributed by atoms with E-state index in [0.29, 0.717) is 0 Å². The molecule has 0 heterocycles. The normalized spacial score (nSPS) is 9.86. The van der Waals surface area contributed by atoms with Crippen molar-refractivity contribution in [3.05, 3.63) is 24.3 Å². The summed E-state index contributed by atoms with van der Waals surface area (Å²) in [5, 5.41) is 2.72. The van der Waals surface area contributed by atoms with Gasteiger partial charge in [-0.1, -0.05) is 0 Å². The van der Waals surface area contributed by atoms with E-state index in [1.807, 2.05) is 30.5 Å². The highest BCUT2D eigenvalue weighted by Gasteiger charge is 2.00. The molecule has 1 N–H and O–H groups in total. The van der Waals surface area contributed by atoms with Crippen LogP contribution in [0.5, 0.6) is 0 Å². The van der Waals surface area contributed by atoms with Crippen molar-refractivity contribution in [2.24, 2.45) is 0 Å². The van der Waals surface area contributed by atoms with E-state index in [0.717, 1.165) is 5.69 Å². The molecule has 0 atom stereocenters. The summed E-state index contributed by atoms with van der Waals surface area (Å²) in [6.45, 7) is 0.0876. The lowest BCUT2D eigenvalue weighted by atomic mass is 10.3. The van der Waals surface area contributed by atoms with Gasteiger partial charge in [0.2, 0.25) is 5.91 Å². The third kappa shape index (κ3) is 3.40. The Balaban J connectivity index is 2.55. The first-order valence-electron chi connectivity index (χ1n) is 4.19. The quantitative estimate of drug-likeness (QED) is 0.774. The van der Waals surface area contributed by atoms with Gasteiger partial charge in [-0.15, -0.1) is 11.8 Å². The number of carbonyl (C=O) groups excluding carboxylic acids is 1. The molecule has 14 heavy (non-hydrogen) atoms. The number of carbonyl (C=O) groups is 1. The second kappa shape index (κ2) is 5.67. The number of nitrogens with one attached hydrogen (secondary N) is 1. The van der Waals surface area contributed by atoms with E-state index >= 15 is 0 Å². The topological polar surface area (TPSA) is 38.3 Å². The van der Waals surface area contributed by atoms with Crippen LogP contribution in [0.25, 0.3) is 0 Å². The fourth-order valence-electron chi connectivity index (χ4n) is 1.00. The Bertz CT molecular complexity index is 297. The van der Waals surface area contributed by atoms with Gasteiger partial charge in [0, 0.05) is 17.7 Å². The minimum atomic E-state index is -0.135. The minimum absolute atomic E-state index is 0.0876. The molecule has 0 fully saturated rings. The zero-order valence-electron chi connectivity index (χ0n) is 8.24. The molecule has 0 bridgehead atoms. The monoisotopic (exact) mass is 211 g/mol. The maximum absolute atomic E-state index is 11.1. The molecule has 1 aromatic rings. The summed E-state index contributed by atoms with van der Waals surface area (Å²) in [7, 11) is 1.50. The van der Waals surface area contributed by atoms with Crippen LogP contribution in [0.3, 0.4) is 0 Å². The van der Waals surface area contributed by atoms with Crippen LogP contribution in [0.4, 0.5) is 5.69 Å². The Hall–Kier alpha value is -1.00. The second-order valence-electron chi connectivity index (χ2n) is 2.71. The second-order valence-corrected chi connectivity index (χ2v) is 3.59. The fourth-order valence-corrected chi connectivity index (χ4v) is 1.41. The molecule has 0 saturated heterocycles. The van der Waals surface area contributed by atoms with Crippen LogP contribution in [-0.2, 0) is 9.53 Å². The highest BCUT2D eigenvalue weighted by molar-refractivity contribution is 7.98. The molecule has 3 nitrogen and oxygen atoms in total. The van der Waals surface area contributed by atoms with Gasteiger partial charge in [0.15, 0.2) is 0 Å². The van der Waals surface area contributed by atoms with Crippen molar-refractivity contribution in [2.45, 2.75) is 4.90 Å². The number of hydrogen-bond donors (Lipinski definition) is 1. The lowest BCUT2D eigenvalue weighted by Crippen LogP contribution is -2.16. The van der Waals surface area contributed by atoms with E-state index in [2.05, 4.69) is 5.32 Å². The maximum Gasteiger partial charge on any atom is 0.250 e. The van der Waals surface area contributed by atoms with E-state index in [1.165, 1.54) is 12.0 Å². The SMILES string of the molecule is COCC(=O)Nc1ccc(SC)cc1. The molecule has 0 aromatic heterocycles. The number of ether oxygens (including phenoxy) is 1. The van der Waals surface area contributed by atoms with E-state index in [9.17, 15) is 4.79 Å². The number of anilines is 1. The van der Waals surface area contributed by atoms with Gasteiger partial charge in [-0.25, -0.2) is 0 Å². The Morgan fingerprint density at radius 1 is 1.43 bits per heavy atom. The van der Waals surface area contributed by atoms with Gasteiger partial charge < -0.3 is 10.1 Å². The van der Waals surface area contributed by atoms with Crippen molar-refractivity contribution in [3.8, 4) is 0 Å². The molecule has 0 radical (unpaired) electrons. The third-order valence-corrected chi connectivity index (χ3v) is 2.39. The Labute approximate surface area is 87.8 Å². The van der Waals surface area contributed by atoms with E-state index < -0.39 is 0 Å². The number of hydrogen-bond acceptors (Lipinski definition) is 3. The summed E-state index contributed by atoms with van der Waals surface area (Å²) in [5.74, 6) is -0.135. The van der Waals surface area contributed by atoms with Crippen LogP contribution in [0.2, 0.25) is 0 Å². The first-order chi connectivity index (χ1) is 6.76. The van der Waals surface area contributed by atoms with Gasteiger partial charge >= 0.3 is 0 Å². The van der Waals surface area contributed by atoms with Crippen molar-refractivity contribution in [1.29, 1.82) is 0 Å². The summed E-state index contributed by atoms with van der Waals surface area (Å²) >= 11 is 1.67. The van der Waals surface area contributed by atoms with Gasteiger partial charge in [0.05, 0.1) is 0 Å². The molecule has 0 aliphatic carbocycles. The van der Waals surface area contributed by atoms with Gasteiger partial charge in [-0.3, -0.25) is 4.79 Å². The predicted molar refractivity (Wildman–Crippen MR) is 58.7 cm³/mol. The number of methoxy groups -OCH3 is 1. The molecule has 1 amide bonds. The molecule has 0 spiro atoms. The molecule has 0 aliphatic rings. The average Bonchev–Trinajstić information content (AvgIpc) is 2.19.